The molecule has 0 amide bonds. The van der Waals surface area contributed by atoms with E-state index in [1.54, 1.807) is 59.7 Å². The minimum atomic E-state index is -4.41. The number of carbonyl (C=O) groups excluding carboxylic acids is 3. The number of ether oxygens (including phenoxy) is 15. The standard InChI is InChI=1S/3C25H32FN6O10P/c3*1-12(2)40-22(34)13(3)31-43(35,42-14-6-7-15-16(8-14)38-11-37-15)39-9-17-19(33)25(4,26)23(41-17)32-10-28-18-20(32)29-24(27)30-21(18)36-5/h3*6-8,10,12-13,17,19,23,33H,9,11H2,1-5H3,(H,31,35)(H2,27,29,30)/t13-,17+,19+,23+,25+,43?;13-,17+,19+,23+,25+,43+;13-,17+,19+,23+,25+,43-/m000/s1. The Labute approximate surface area is 731 Å². The van der Waals surface area contributed by atoms with Crippen molar-refractivity contribution >= 4 is 92.5 Å². The van der Waals surface area contributed by atoms with Gasteiger partial charge >= 0.3 is 41.1 Å². The van der Waals surface area contributed by atoms with Crippen LogP contribution in [0.15, 0.2) is 73.6 Å². The highest BCUT2D eigenvalue weighted by Crippen LogP contribution is 2.55. The Kier molecular flexibility index (Phi) is 28.4. The Hall–Kier alpha value is -11.3. The van der Waals surface area contributed by atoms with Gasteiger partial charge in [0.05, 0.1) is 78.4 Å². The number of halogens is 3. The van der Waals surface area contributed by atoms with Crippen LogP contribution in [0.3, 0.4) is 0 Å². The number of carbonyl (C=O) groups is 3. The van der Waals surface area contributed by atoms with Crippen molar-refractivity contribution in [2.24, 2.45) is 0 Å². The minimum Gasteiger partial charge on any atom is -0.479 e. The fraction of sp³-hybridized carbons (Fsp3) is 0.520. The van der Waals surface area contributed by atoms with Gasteiger partial charge in [-0.2, -0.15) is 45.2 Å². The normalized spacial score (nSPS) is 25.1. The molecule has 0 aliphatic carbocycles. The summed E-state index contributed by atoms with van der Waals surface area (Å²) in [7, 11) is -9.14. The van der Waals surface area contributed by atoms with Crippen LogP contribution in [0.2, 0.25) is 0 Å². The summed E-state index contributed by atoms with van der Waals surface area (Å²) in [6.45, 7) is 15.7. The number of aliphatic hydroxyl groups excluding tert-OH is 3. The van der Waals surface area contributed by atoms with Crippen LogP contribution >= 0.6 is 23.2 Å². The summed E-state index contributed by atoms with van der Waals surface area (Å²) < 4.78 is 208. The lowest BCUT2D eigenvalue weighted by atomic mass is 9.98. The third-order valence-corrected chi connectivity index (χ3v) is 24.7. The SMILES string of the molecule is COc1nc(N)nc2c1ncn2[C@@H]1O[C@H](COP(=O)(N[C@@H](C)C(=O)OC(C)C)Oc2ccc3c(c2)OCO3)[C@@H](O)[C@@]1(C)F.COc1nc(N)nc2c1ncn2[C@@H]1O[C@H](CO[P@@](=O)(N[C@@H](C)C(=O)OC(C)C)Oc2ccc3c(c2)OCO3)[C@@H](O)[C@@]1(C)F.COc1nc(N)nc2c1ncn2[C@@H]1O[C@H](CO[P@](=O)(N[C@@H](C)C(=O)OC(C)C)Oc2ccc3c(c2)OCO3)[C@@H](O)[C@@]1(C)F. The smallest absolute Gasteiger partial charge is 0.459 e. The van der Waals surface area contributed by atoms with E-state index in [0.29, 0.717) is 34.5 Å². The van der Waals surface area contributed by atoms with E-state index in [2.05, 4.69) is 60.1 Å². The van der Waals surface area contributed by atoms with Gasteiger partial charge in [-0.15, -0.1) is 0 Å². The van der Waals surface area contributed by atoms with Gasteiger partial charge in [0, 0.05) is 18.2 Å². The Balaban J connectivity index is 0.000000165. The van der Waals surface area contributed by atoms with E-state index in [1.165, 1.54) is 111 Å². The zero-order valence-corrected chi connectivity index (χ0v) is 74.5. The predicted octanol–water partition coefficient (Wildman–Crippen LogP) is 6.80. The second-order valence-electron chi connectivity index (χ2n) is 30.8. The molecule has 54 heteroatoms. The van der Waals surface area contributed by atoms with Crippen molar-refractivity contribution in [2.45, 2.75) is 192 Å². The van der Waals surface area contributed by atoms with Gasteiger partial charge in [-0.3, -0.25) is 41.7 Å². The van der Waals surface area contributed by atoms with Gasteiger partial charge in [0.1, 0.15) is 72.0 Å². The van der Waals surface area contributed by atoms with Crippen LogP contribution in [0.5, 0.6) is 69.4 Å². The number of nitrogen functional groups attached to an aromatic ring is 3. The van der Waals surface area contributed by atoms with Crippen LogP contribution in [-0.4, -0.2) is 243 Å². The number of anilines is 3. The van der Waals surface area contributed by atoms with E-state index in [-0.39, 0.29) is 107 Å². The summed E-state index contributed by atoms with van der Waals surface area (Å²) >= 11 is 0. The first-order chi connectivity index (χ1) is 60.9. The van der Waals surface area contributed by atoms with Gasteiger partial charge in [-0.25, -0.2) is 41.8 Å². The van der Waals surface area contributed by atoms with E-state index >= 15 is 13.2 Å². The van der Waals surface area contributed by atoms with E-state index in [1.807, 2.05) is 0 Å². The molecule has 12 heterocycles. The second kappa shape index (κ2) is 38.4. The quantitative estimate of drug-likeness (QED) is 0.0116. The first-order valence-electron chi connectivity index (χ1n) is 39.6. The number of nitrogens with two attached hydrogens (primary N) is 3. The van der Waals surface area contributed by atoms with Crippen LogP contribution < -0.4 is 88.7 Å². The highest BCUT2D eigenvalue weighted by molar-refractivity contribution is 7.52. The summed E-state index contributed by atoms with van der Waals surface area (Å²) in [5.74, 6) is 0.169. The molecule has 48 nitrogen and oxygen atoms in total. The molecule has 0 saturated carbocycles. The molecule has 3 saturated heterocycles. The number of nitrogens with one attached hydrogen (secondary N) is 3. The second-order valence-corrected chi connectivity index (χ2v) is 35.9. The monoisotopic (exact) mass is 1880 g/mol. The first kappa shape index (κ1) is 95.3. The van der Waals surface area contributed by atoms with Crippen LogP contribution in [-0.2, 0) is 70.1 Å². The molecule has 6 aliphatic heterocycles. The lowest BCUT2D eigenvalue weighted by Gasteiger charge is -2.25. The highest BCUT2D eigenvalue weighted by atomic mass is 31.2. The first-order valence-corrected chi connectivity index (χ1v) is 44.2. The zero-order chi connectivity index (χ0) is 93.3. The molecule has 702 valence electrons. The van der Waals surface area contributed by atoms with Gasteiger partial charge in [-0.05, 0) is 119 Å². The Morgan fingerprint density at radius 3 is 0.922 bits per heavy atom. The zero-order valence-electron chi connectivity index (χ0n) is 71.8. The number of aromatic nitrogens is 12. The molecule has 129 heavy (non-hydrogen) atoms. The number of aliphatic hydroxyl groups is 3. The summed E-state index contributed by atoms with van der Waals surface area (Å²) in [5.41, 5.74) is 11.0. The molecule has 6 aromatic heterocycles. The van der Waals surface area contributed by atoms with Crippen molar-refractivity contribution in [3.05, 3.63) is 73.6 Å². The fourth-order valence-corrected chi connectivity index (χ4v) is 18.1. The number of rotatable bonds is 33. The topological polar surface area (TPSA) is 602 Å². The molecule has 3 aromatic carbocycles. The van der Waals surface area contributed by atoms with E-state index in [9.17, 15) is 43.4 Å². The third kappa shape index (κ3) is 21.0. The molecule has 3 fully saturated rings. The average molecular weight is 1880 g/mol. The number of esters is 3. The fourth-order valence-electron chi connectivity index (χ4n) is 13.6. The summed E-state index contributed by atoms with van der Waals surface area (Å²) in [5, 5.41) is 40.4. The summed E-state index contributed by atoms with van der Waals surface area (Å²) in [4.78, 5) is 74.2. The van der Waals surface area contributed by atoms with Gasteiger partial charge in [0.2, 0.25) is 55.9 Å². The predicted molar refractivity (Wildman–Crippen MR) is 439 cm³/mol. The van der Waals surface area contributed by atoms with Gasteiger partial charge < -0.3 is 117 Å². The van der Waals surface area contributed by atoms with Crippen molar-refractivity contribution in [2.75, 3.05) is 78.7 Å². The number of imidazole rings is 3. The molecule has 1 unspecified atom stereocenters. The minimum absolute atomic E-state index is 0.000946. The summed E-state index contributed by atoms with van der Waals surface area (Å²) in [6.07, 6.45) is -11.3. The molecular formula is C75H96F3N18O30P3. The van der Waals surface area contributed by atoms with E-state index < -0.39 is 170 Å². The Morgan fingerprint density at radius 1 is 0.434 bits per heavy atom. The third-order valence-electron chi connectivity index (χ3n) is 19.8. The van der Waals surface area contributed by atoms with Crippen LogP contribution in [0.4, 0.5) is 31.0 Å². The van der Waals surface area contributed by atoms with Crippen LogP contribution in [0.25, 0.3) is 33.5 Å². The lowest BCUT2D eigenvalue weighted by Crippen LogP contribution is -2.41. The Morgan fingerprint density at radius 2 is 0.682 bits per heavy atom. The van der Waals surface area contributed by atoms with Crippen LogP contribution in [0, 0.1) is 0 Å². The van der Waals surface area contributed by atoms with Crippen LogP contribution in [0.1, 0.15) is 102 Å². The molecular weight excluding hydrogens is 1780 g/mol. The molecule has 15 rings (SSSR count). The van der Waals surface area contributed by atoms with Gasteiger partial charge in [0.15, 0.2) is 104 Å². The maximum atomic E-state index is 16.0. The number of benzene rings is 3. The average Bonchev–Trinajstić information content (AvgIpc) is 1.60. The van der Waals surface area contributed by atoms with E-state index in [0.717, 1.165) is 20.8 Å². The molecule has 0 bridgehead atoms. The number of alkyl halides is 3. The molecule has 6 aliphatic rings. The number of methoxy groups -OCH3 is 3. The van der Waals surface area contributed by atoms with Gasteiger partial charge in [0.25, 0.3) is 0 Å². The molecule has 12 N–H and O–H groups in total. The number of nitrogens with zero attached hydrogens (tertiary/aromatic N) is 12. The maximum absolute atomic E-state index is 16.0. The van der Waals surface area contributed by atoms with Crippen molar-refractivity contribution in [1.82, 2.24) is 73.8 Å². The van der Waals surface area contributed by atoms with Crippen molar-refractivity contribution in [1.29, 1.82) is 0 Å². The Bertz CT molecular complexity index is 5200. The number of fused-ring (bicyclic) bond motifs is 6. The largest absolute Gasteiger partial charge is 0.479 e. The van der Waals surface area contributed by atoms with Crippen molar-refractivity contribution in [3.8, 4) is 69.4 Å². The summed E-state index contributed by atoms with van der Waals surface area (Å²) in [6, 6.07) is 9.87. The molecule has 9 aromatic rings. The van der Waals surface area contributed by atoms with Crippen molar-refractivity contribution < 1.29 is 155 Å². The van der Waals surface area contributed by atoms with E-state index in [4.69, 9.17) is 115 Å². The number of hydrogen-bond donors (Lipinski definition) is 9. The lowest BCUT2D eigenvalue weighted by molar-refractivity contribution is -0.150. The molecule has 18 atom stereocenters. The highest BCUT2D eigenvalue weighted by Gasteiger charge is 2.59. The van der Waals surface area contributed by atoms with Gasteiger partial charge in [-0.1, -0.05) is 0 Å². The molecule has 0 radical (unpaired) electrons. The van der Waals surface area contributed by atoms with Crippen molar-refractivity contribution in [3.63, 3.8) is 0 Å². The number of hydrogen-bond acceptors (Lipinski definition) is 42. The maximum Gasteiger partial charge on any atom is 0.459 e. The molecule has 0 spiro atoms.